The van der Waals surface area contributed by atoms with Gasteiger partial charge in [0.2, 0.25) is 0 Å². The second-order valence-electron chi connectivity index (χ2n) is 4.45. The topological polar surface area (TPSA) is 29.9 Å². The molecule has 96 valence electrons. The molecule has 0 atom stereocenters. The highest BCUT2D eigenvalue weighted by Crippen LogP contribution is 2.22. The van der Waals surface area contributed by atoms with Crippen LogP contribution < -0.4 is 5.32 Å². The number of aryl methyl sites for hydroxylation is 1. The maximum absolute atomic E-state index is 12.0. The van der Waals surface area contributed by atoms with Crippen LogP contribution in [0.15, 0.2) is 12.5 Å². The van der Waals surface area contributed by atoms with E-state index < -0.39 is 12.6 Å². The van der Waals surface area contributed by atoms with E-state index in [-0.39, 0.29) is 6.42 Å². The van der Waals surface area contributed by atoms with E-state index in [4.69, 9.17) is 0 Å². The average molecular weight is 247 g/mol. The lowest BCUT2D eigenvalue weighted by Crippen LogP contribution is -2.18. The normalized spacial score (nSPS) is 16.4. The van der Waals surface area contributed by atoms with Crippen molar-refractivity contribution in [1.29, 1.82) is 0 Å². The van der Waals surface area contributed by atoms with E-state index in [2.05, 4.69) is 10.3 Å². The fourth-order valence-electron chi connectivity index (χ4n) is 1.68. The van der Waals surface area contributed by atoms with Gasteiger partial charge in [-0.3, -0.25) is 0 Å². The highest BCUT2D eigenvalue weighted by Gasteiger charge is 2.26. The van der Waals surface area contributed by atoms with Crippen molar-refractivity contribution in [3.8, 4) is 0 Å². The molecule has 6 heteroatoms. The predicted octanol–water partition coefficient (Wildman–Crippen LogP) is 2.48. The minimum Gasteiger partial charge on any atom is -0.333 e. The smallest absolute Gasteiger partial charge is 0.333 e. The molecule has 1 aliphatic carbocycles. The summed E-state index contributed by atoms with van der Waals surface area (Å²) in [5, 5.41) is 3.32. The van der Waals surface area contributed by atoms with Gasteiger partial charge in [-0.1, -0.05) is 0 Å². The Morgan fingerprint density at radius 1 is 1.41 bits per heavy atom. The van der Waals surface area contributed by atoms with Gasteiger partial charge in [-0.2, -0.15) is 13.2 Å². The van der Waals surface area contributed by atoms with Crippen LogP contribution in [0.4, 0.5) is 13.2 Å². The summed E-state index contributed by atoms with van der Waals surface area (Å²) < 4.78 is 37.8. The molecule has 1 fully saturated rings. The SMILES string of the molecule is FC(F)(F)CCCn1cncc1CNC1CC1. The van der Waals surface area contributed by atoms with Crippen LogP contribution in [0.2, 0.25) is 0 Å². The zero-order valence-electron chi connectivity index (χ0n) is 9.50. The Morgan fingerprint density at radius 2 is 2.18 bits per heavy atom. The fraction of sp³-hybridized carbons (Fsp3) is 0.727. The number of nitrogens with zero attached hydrogens (tertiary/aromatic N) is 2. The number of hydrogen-bond acceptors (Lipinski definition) is 2. The summed E-state index contributed by atoms with van der Waals surface area (Å²) in [6.07, 6.45) is 1.01. The van der Waals surface area contributed by atoms with Crippen molar-refractivity contribution in [2.45, 2.75) is 51.0 Å². The Hall–Kier alpha value is -1.04. The monoisotopic (exact) mass is 247 g/mol. The van der Waals surface area contributed by atoms with E-state index in [9.17, 15) is 13.2 Å². The zero-order chi connectivity index (χ0) is 12.3. The number of nitrogens with one attached hydrogen (secondary N) is 1. The molecule has 0 aliphatic heterocycles. The minimum absolute atomic E-state index is 0.107. The van der Waals surface area contributed by atoms with E-state index in [0.717, 1.165) is 5.69 Å². The van der Waals surface area contributed by atoms with Crippen LogP contribution in [-0.4, -0.2) is 21.8 Å². The van der Waals surface area contributed by atoms with E-state index in [1.807, 2.05) is 0 Å². The molecular weight excluding hydrogens is 231 g/mol. The maximum Gasteiger partial charge on any atom is 0.389 e. The molecule has 1 aromatic heterocycles. The molecule has 0 bridgehead atoms. The average Bonchev–Trinajstić information content (AvgIpc) is 2.95. The molecule has 2 rings (SSSR count). The lowest BCUT2D eigenvalue weighted by molar-refractivity contribution is -0.135. The summed E-state index contributed by atoms with van der Waals surface area (Å²) in [6, 6.07) is 0.591. The van der Waals surface area contributed by atoms with Gasteiger partial charge in [0.25, 0.3) is 0 Å². The lowest BCUT2D eigenvalue weighted by Gasteiger charge is -2.10. The molecule has 1 aliphatic rings. The van der Waals surface area contributed by atoms with Crippen LogP contribution in [0.3, 0.4) is 0 Å². The molecule has 1 heterocycles. The molecule has 0 saturated heterocycles. The van der Waals surface area contributed by atoms with E-state index in [1.165, 1.54) is 12.8 Å². The number of hydrogen-bond donors (Lipinski definition) is 1. The second kappa shape index (κ2) is 5.08. The van der Waals surface area contributed by atoms with Crippen LogP contribution in [0.1, 0.15) is 31.4 Å². The zero-order valence-corrected chi connectivity index (χ0v) is 9.50. The number of alkyl halides is 3. The van der Waals surface area contributed by atoms with Gasteiger partial charge < -0.3 is 9.88 Å². The lowest BCUT2D eigenvalue weighted by atomic mass is 10.3. The summed E-state index contributed by atoms with van der Waals surface area (Å²) in [6.45, 7) is 1.07. The van der Waals surface area contributed by atoms with Crippen molar-refractivity contribution in [2.75, 3.05) is 0 Å². The van der Waals surface area contributed by atoms with Crippen LogP contribution in [-0.2, 0) is 13.1 Å². The highest BCUT2D eigenvalue weighted by molar-refractivity contribution is 4.99. The fourth-order valence-corrected chi connectivity index (χ4v) is 1.68. The molecule has 1 aromatic rings. The first-order valence-corrected chi connectivity index (χ1v) is 5.84. The Morgan fingerprint density at radius 3 is 2.82 bits per heavy atom. The third-order valence-electron chi connectivity index (χ3n) is 2.81. The molecule has 0 aromatic carbocycles. The van der Waals surface area contributed by atoms with E-state index >= 15 is 0 Å². The van der Waals surface area contributed by atoms with Gasteiger partial charge in [-0.05, 0) is 19.3 Å². The van der Waals surface area contributed by atoms with Crippen molar-refractivity contribution in [3.63, 3.8) is 0 Å². The number of imidazole rings is 1. The summed E-state index contributed by atoms with van der Waals surface area (Å²) in [4.78, 5) is 3.98. The predicted molar refractivity (Wildman–Crippen MR) is 57.4 cm³/mol. The van der Waals surface area contributed by atoms with Crippen LogP contribution in [0, 0.1) is 0 Å². The molecule has 17 heavy (non-hydrogen) atoms. The summed E-state index contributed by atoms with van der Waals surface area (Å²) in [5.41, 5.74) is 0.957. The number of halogens is 3. The first kappa shape index (κ1) is 12.4. The van der Waals surface area contributed by atoms with Crippen LogP contribution in [0.25, 0.3) is 0 Å². The van der Waals surface area contributed by atoms with Crippen molar-refractivity contribution in [3.05, 3.63) is 18.2 Å². The molecule has 0 unspecified atom stereocenters. The van der Waals surface area contributed by atoms with Crippen molar-refractivity contribution in [2.24, 2.45) is 0 Å². The Kier molecular flexibility index (Phi) is 3.71. The summed E-state index contributed by atoms with van der Waals surface area (Å²) >= 11 is 0. The van der Waals surface area contributed by atoms with E-state index in [1.54, 1.807) is 17.1 Å². The standard InChI is InChI=1S/C11H16F3N3/c12-11(13,14)4-1-5-17-8-15-6-10(17)7-16-9-2-3-9/h6,8-9,16H,1-5,7H2. The second-order valence-corrected chi connectivity index (χ2v) is 4.45. The van der Waals surface area contributed by atoms with Gasteiger partial charge in [0.05, 0.1) is 12.0 Å². The molecule has 0 radical (unpaired) electrons. The van der Waals surface area contributed by atoms with Gasteiger partial charge >= 0.3 is 6.18 Å². The largest absolute Gasteiger partial charge is 0.389 e. The number of rotatable bonds is 6. The summed E-state index contributed by atoms with van der Waals surface area (Å²) in [5.74, 6) is 0. The van der Waals surface area contributed by atoms with Gasteiger partial charge in [0.1, 0.15) is 0 Å². The van der Waals surface area contributed by atoms with Crippen molar-refractivity contribution < 1.29 is 13.2 Å². The Balaban J connectivity index is 1.76. The summed E-state index contributed by atoms with van der Waals surface area (Å²) in [7, 11) is 0. The highest BCUT2D eigenvalue weighted by atomic mass is 19.4. The van der Waals surface area contributed by atoms with Crippen molar-refractivity contribution in [1.82, 2.24) is 14.9 Å². The van der Waals surface area contributed by atoms with Gasteiger partial charge in [0, 0.05) is 31.7 Å². The quantitative estimate of drug-likeness (QED) is 0.837. The van der Waals surface area contributed by atoms with Crippen LogP contribution in [0.5, 0.6) is 0 Å². The Bertz CT molecular complexity index is 355. The van der Waals surface area contributed by atoms with Crippen LogP contribution >= 0.6 is 0 Å². The molecule has 3 nitrogen and oxygen atoms in total. The van der Waals surface area contributed by atoms with Gasteiger partial charge in [0.15, 0.2) is 0 Å². The molecule has 0 spiro atoms. The number of aromatic nitrogens is 2. The van der Waals surface area contributed by atoms with E-state index in [0.29, 0.717) is 19.1 Å². The molecule has 1 saturated carbocycles. The third kappa shape index (κ3) is 4.38. The minimum atomic E-state index is -4.06. The first-order valence-electron chi connectivity index (χ1n) is 5.84. The van der Waals surface area contributed by atoms with Gasteiger partial charge in [-0.25, -0.2) is 4.98 Å². The van der Waals surface area contributed by atoms with Crippen molar-refractivity contribution >= 4 is 0 Å². The third-order valence-corrected chi connectivity index (χ3v) is 2.81. The molecule has 1 N–H and O–H groups in total. The van der Waals surface area contributed by atoms with Gasteiger partial charge in [-0.15, -0.1) is 0 Å². The Labute approximate surface area is 98.0 Å². The molecule has 0 amide bonds. The molecular formula is C11H16F3N3. The first-order chi connectivity index (χ1) is 8.04. The maximum atomic E-state index is 12.0.